The second-order valence-electron chi connectivity index (χ2n) is 5.77. The molecule has 0 aliphatic carbocycles. The number of amides is 2. The average Bonchev–Trinajstić information content (AvgIpc) is 2.64. The summed E-state index contributed by atoms with van der Waals surface area (Å²) in [7, 11) is 0. The molecule has 2 aromatic rings. The topological polar surface area (TPSA) is 109 Å². The van der Waals surface area contributed by atoms with Gasteiger partial charge in [-0.05, 0) is 35.2 Å². The fourth-order valence-corrected chi connectivity index (χ4v) is 2.41. The third kappa shape index (κ3) is 5.04. The number of carbonyl (C=O) groups excluding carboxylic acids is 2. The molecule has 0 bridgehead atoms. The van der Waals surface area contributed by atoms with Gasteiger partial charge in [0.2, 0.25) is 5.91 Å². The first-order valence-electron chi connectivity index (χ1n) is 8.05. The molecule has 0 spiro atoms. The lowest BCUT2D eigenvalue weighted by atomic mass is 10.0. The smallest absolute Gasteiger partial charge is 0.326 e. The predicted molar refractivity (Wildman–Crippen MR) is 99.3 cm³/mol. The molecule has 0 aromatic heterocycles. The Balaban J connectivity index is 2.08. The van der Waals surface area contributed by atoms with Crippen molar-refractivity contribution in [1.29, 1.82) is 0 Å². The number of hydrogen-bond donors (Lipinski definition) is 3. The fraction of sp³-hybridized carbons (Fsp3) is 0.150. The molecule has 4 N–H and O–H groups in total. The summed E-state index contributed by atoms with van der Waals surface area (Å²) in [5, 5.41) is 11.5. The van der Waals surface area contributed by atoms with E-state index in [4.69, 9.17) is 10.8 Å². The second kappa shape index (κ2) is 8.62. The van der Waals surface area contributed by atoms with Gasteiger partial charge < -0.3 is 16.2 Å². The van der Waals surface area contributed by atoms with Crippen LogP contribution in [-0.2, 0) is 9.59 Å². The molecule has 0 radical (unpaired) electrons. The molecule has 1 atom stereocenters. The van der Waals surface area contributed by atoms with E-state index < -0.39 is 23.8 Å². The van der Waals surface area contributed by atoms with Crippen LogP contribution in [0.2, 0.25) is 0 Å². The largest absolute Gasteiger partial charge is 0.480 e. The number of rotatable bonds is 8. The van der Waals surface area contributed by atoms with E-state index in [1.54, 1.807) is 30.3 Å². The van der Waals surface area contributed by atoms with Crippen LogP contribution in [0.5, 0.6) is 0 Å². The Morgan fingerprint density at radius 2 is 1.58 bits per heavy atom. The molecule has 26 heavy (non-hydrogen) atoms. The monoisotopic (exact) mass is 352 g/mol. The minimum absolute atomic E-state index is 0.0514. The molecule has 0 fully saturated rings. The van der Waals surface area contributed by atoms with Gasteiger partial charge in [0.1, 0.15) is 6.04 Å². The summed E-state index contributed by atoms with van der Waals surface area (Å²) in [6.45, 7) is 3.71. The van der Waals surface area contributed by atoms with Gasteiger partial charge in [0, 0.05) is 12.0 Å². The van der Waals surface area contributed by atoms with Crippen molar-refractivity contribution in [3.63, 3.8) is 0 Å². The van der Waals surface area contributed by atoms with Gasteiger partial charge in [0.25, 0.3) is 5.91 Å². The quantitative estimate of drug-likeness (QED) is 0.678. The highest BCUT2D eigenvalue weighted by molar-refractivity contribution is 5.97. The number of primary amides is 1. The van der Waals surface area contributed by atoms with E-state index in [9.17, 15) is 14.4 Å². The maximum Gasteiger partial charge on any atom is 0.326 e. The Kier molecular flexibility index (Phi) is 6.27. The highest BCUT2D eigenvalue weighted by Crippen LogP contribution is 2.20. The Bertz CT molecular complexity index is 811. The van der Waals surface area contributed by atoms with Crippen molar-refractivity contribution in [2.75, 3.05) is 0 Å². The van der Waals surface area contributed by atoms with Crippen molar-refractivity contribution < 1.29 is 19.5 Å². The molecule has 6 heteroatoms. The number of carboxylic acids is 1. The zero-order valence-electron chi connectivity index (χ0n) is 14.1. The normalized spacial score (nSPS) is 11.4. The van der Waals surface area contributed by atoms with E-state index >= 15 is 0 Å². The molecule has 2 amide bonds. The maximum atomic E-state index is 12.2. The van der Waals surface area contributed by atoms with Crippen LogP contribution < -0.4 is 11.1 Å². The van der Waals surface area contributed by atoms with Crippen LogP contribution in [0.15, 0.2) is 55.1 Å². The molecule has 2 aromatic carbocycles. The van der Waals surface area contributed by atoms with Gasteiger partial charge in [0.15, 0.2) is 0 Å². The van der Waals surface area contributed by atoms with Gasteiger partial charge in [-0.25, -0.2) is 4.79 Å². The van der Waals surface area contributed by atoms with E-state index in [2.05, 4.69) is 11.9 Å². The number of benzene rings is 2. The Labute approximate surface area is 151 Å². The first kappa shape index (κ1) is 18.9. The summed E-state index contributed by atoms with van der Waals surface area (Å²) < 4.78 is 0. The van der Waals surface area contributed by atoms with Gasteiger partial charge in [-0.3, -0.25) is 9.59 Å². The SMILES string of the molecule is C=Cc1ccc(-c2ccc(C(=O)N[C@@H](CCC(N)=O)C(=O)O)cc2)cc1. The van der Waals surface area contributed by atoms with Crippen LogP contribution in [0.3, 0.4) is 0 Å². The summed E-state index contributed by atoms with van der Waals surface area (Å²) >= 11 is 0. The van der Waals surface area contributed by atoms with Gasteiger partial charge >= 0.3 is 5.97 Å². The van der Waals surface area contributed by atoms with Crippen LogP contribution in [0.4, 0.5) is 0 Å². The van der Waals surface area contributed by atoms with Crippen molar-refractivity contribution in [1.82, 2.24) is 5.32 Å². The molecular weight excluding hydrogens is 332 g/mol. The molecule has 0 unspecified atom stereocenters. The lowest BCUT2D eigenvalue weighted by Crippen LogP contribution is -2.41. The van der Waals surface area contributed by atoms with Crippen molar-refractivity contribution in [2.24, 2.45) is 5.73 Å². The van der Waals surface area contributed by atoms with Crippen LogP contribution >= 0.6 is 0 Å². The van der Waals surface area contributed by atoms with Crippen LogP contribution in [0.25, 0.3) is 17.2 Å². The minimum atomic E-state index is -1.21. The Morgan fingerprint density at radius 3 is 2.04 bits per heavy atom. The Hall–Kier alpha value is -3.41. The van der Waals surface area contributed by atoms with Gasteiger partial charge in [-0.1, -0.05) is 49.1 Å². The summed E-state index contributed by atoms with van der Waals surface area (Å²) in [6.07, 6.45) is 1.59. The molecule has 6 nitrogen and oxygen atoms in total. The molecule has 0 aliphatic rings. The molecule has 0 saturated carbocycles. The summed E-state index contributed by atoms with van der Waals surface area (Å²) in [6, 6.07) is 13.5. The van der Waals surface area contributed by atoms with Crippen molar-refractivity contribution >= 4 is 23.9 Å². The van der Waals surface area contributed by atoms with Crippen LogP contribution in [0, 0.1) is 0 Å². The van der Waals surface area contributed by atoms with Crippen molar-refractivity contribution in [2.45, 2.75) is 18.9 Å². The summed E-state index contributed by atoms with van der Waals surface area (Å²) in [4.78, 5) is 34.2. The van der Waals surface area contributed by atoms with Gasteiger partial charge in [-0.15, -0.1) is 0 Å². The average molecular weight is 352 g/mol. The summed E-state index contributed by atoms with van der Waals surface area (Å²) in [5.41, 5.74) is 8.30. The predicted octanol–water partition coefficient (Wildman–Crippen LogP) is 2.45. The Morgan fingerprint density at radius 1 is 1.04 bits per heavy atom. The number of carbonyl (C=O) groups is 3. The molecule has 2 rings (SSSR count). The summed E-state index contributed by atoms with van der Waals surface area (Å²) in [5.74, 6) is -2.34. The van der Waals surface area contributed by atoms with Gasteiger partial charge in [0.05, 0.1) is 0 Å². The lowest BCUT2D eigenvalue weighted by molar-refractivity contribution is -0.139. The standard InChI is InChI=1S/C20H20N2O4/c1-2-13-3-5-14(6-4-13)15-7-9-16(10-8-15)19(24)22-17(20(25)26)11-12-18(21)23/h2-10,17H,1,11-12H2,(H2,21,23)(H,22,24)(H,25,26)/t17-/m0/s1. The number of aliphatic carboxylic acids is 1. The zero-order chi connectivity index (χ0) is 19.1. The third-order valence-electron chi connectivity index (χ3n) is 3.91. The zero-order valence-corrected chi connectivity index (χ0v) is 14.1. The molecular formula is C20H20N2O4. The third-order valence-corrected chi connectivity index (χ3v) is 3.91. The first-order chi connectivity index (χ1) is 12.4. The van der Waals surface area contributed by atoms with E-state index in [0.29, 0.717) is 5.56 Å². The molecule has 0 heterocycles. The van der Waals surface area contributed by atoms with E-state index in [1.807, 2.05) is 24.3 Å². The van der Waals surface area contributed by atoms with Crippen molar-refractivity contribution in [3.05, 3.63) is 66.2 Å². The fourth-order valence-electron chi connectivity index (χ4n) is 2.41. The number of nitrogens with one attached hydrogen (secondary N) is 1. The van der Waals surface area contributed by atoms with Gasteiger partial charge in [-0.2, -0.15) is 0 Å². The molecule has 0 saturated heterocycles. The number of hydrogen-bond acceptors (Lipinski definition) is 3. The maximum absolute atomic E-state index is 12.2. The van der Waals surface area contributed by atoms with E-state index in [0.717, 1.165) is 16.7 Å². The second-order valence-corrected chi connectivity index (χ2v) is 5.77. The molecule has 0 aliphatic heterocycles. The highest BCUT2D eigenvalue weighted by Gasteiger charge is 2.21. The van der Waals surface area contributed by atoms with Crippen molar-refractivity contribution in [3.8, 4) is 11.1 Å². The van der Waals surface area contributed by atoms with E-state index in [-0.39, 0.29) is 12.8 Å². The highest BCUT2D eigenvalue weighted by atomic mass is 16.4. The molecule has 134 valence electrons. The first-order valence-corrected chi connectivity index (χ1v) is 8.05. The van der Waals surface area contributed by atoms with Crippen LogP contribution in [-0.4, -0.2) is 28.9 Å². The van der Waals surface area contributed by atoms with Crippen LogP contribution in [0.1, 0.15) is 28.8 Å². The minimum Gasteiger partial charge on any atom is -0.480 e. The number of carboxylic acid groups (broad SMARTS) is 1. The number of nitrogens with two attached hydrogens (primary N) is 1. The lowest BCUT2D eigenvalue weighted by Gasteiger charge is -2.14. The van der Waals surface area contributed by atoms with E-state index in [1.165, 1.54) is 0 Å².